The zero-order chi connectivity index (χ0) is 16.6. The Labute approximate surface area is 132 Å². The molecule has 3 aromatic rings. The first kappa shape index (κ1) is 15.1. The number of aryl methyl sites for hydroxylation is 2. The maximum Gasteiger partial charge on any atom is 0.298 e. The molecule has 0 amide bonds. The highest BCUT2D eigenvalue weighted by Crippen LogP contribution is 2.27. The van der Waals surface area contributed by atoms with Gasteiger partial charge >= 0.3 is 0 Å². The number of phenols is 1. The molecule has 2 heterocycles. The predicted octanol–water partition coefficient (Wildman–Crippen LogP) is 2.22. The highest BCUT2D eigenvalue weighted by molar-refractivity contribution is 5.74. The van der Waals surface area contributed by atoms with Gasteiger partial charge in [-0.3, -0.25) is 9.78 Å². The van der Waals surface area contributed by atoms with Crippen LogP contribution in [0.2, 0.25) is 0 Å². The van der Waals surface area contributed by atoms with Crippen LogP contribution in [0.15, 0.2) is 23.1 Å². The molecule has 0 fully saturated rings. The van der Waals surface area contributed by atoms with E-state index < -0.39 is 0 Å². The maximum absolute atomic E-state index is 12.1. The third-order valence-electron chi connectivity index (χ3n) is 3.46. The Kier molecular flexibility index (Phi) is 3.77. The molecule has 0 unspecified atom stereocenters. The van der Waals surface area contributed by atoms with Crippen molar-refractivity contribution in [3.63, 3.8) is 0 Å². The second-order valence-corrected chi connectivity index (χ2v) is 5.48. The van der Waals surface area contributed by atoms with Crippen molar-refractivity contribution >= 4 is 11.0 Å². The van der Waals surface area contributed by atoms with Gasteiger partial charge in [-0.15, -0.1) is 5.10 Å². The van der Waals surface area contributed by atoms with Gasteiger partial charge in [0.25, 0.3) is 11.6 Å². The summed E-state index contributed by atoms with van der Waals surface area (Å²) >= 11 is 0. The standard InChI is InChI=1S/C16H18N4O3/c1-4-5-23-16-17-14-11(15(22)18-16)8-20(19-14)13-10(3)6-9(2)7-12(13)21/h6-8,21H,4-5H2,1-3H3,(H,17,18,19,22). The van der Waals surface area contributed by atoms with Gasteiger partial charge in [-0.05, 0) is 37.5 Å². The molecule has 120 valence electrons. The average molecular weight is 314 g/mol. The van der Waals surface area contributed by atoms with Gasteiger partial charge in [-0.2, -0.15) is 4.98 Å². The minimum atomic E-state index is -0.323. The molecule has 0 spiro atoms. The van der Waals surface area contributed by atoms with Gasteiger partial charge in [0.1, 0.15) is 16.8 Å². The predicted molar refractivity (Wildman–Crippen MR) is 86.4 cm³/mol. The van der Waals surface area contributed by atoms with Crippen molar-refractivity contribution in [1.29, 1.82) is 0 Å². The third kappa shape index (κ3) is 2.77. The summed E-state index contributed by atoms with van der Waals surface area (Å²) in [6.45, 7) is 6.21. The lowest BCUT2D eigenvalue weighted by molar-refractivity contribution is 0.292. The first-order valence-corrected chi connectivity index (χ1v) is 7.42. The van der Waals surface area contributed by atoms with Gasteiger partial charge in [0.2, 0.25) is 0 Å². The summed E-state index contributed by atoms with van der Waals surface area (Å²) in [7, 11) is 0. The molecule has 2 N–H and O–H groups in total. The number of nitrogens with one attached hydrogen (secondary N) is 1. The van der Waals surface area contributed by atoms with Crippen molar-refractivity contribution in [2.45, 2.75) is 27.2 Å². The summed E-state index contributed by atoms with van der Waals surface area (Å²) in [5, 5.41) is 14.8. The zero-order valence-corrected chi connectivity index (χ0v) is 13.3. The minimum absolute atomic E-state index is 0.106. The molecule has 0 atom stereocenters. The van der Waals surface area contributed by atoms with E-state index in [9.17, 15) is 9.90 Å². The van der Waals surface area contributed by atoms with E-state index in [4.69, 9.17) is 4.74 Å². The van der Waals surface area contributed by atoms with Crippen LogP contribution < -0.4 is 10.3 Å². The number of ether oxygens (including phenoxy) is 1. The third-order valence-corrected chi connectivity index (χ3v) is 3.46. The Bertz CT molecular complexity index is 904. The van der Waals surface area contributed by atoms with Gasteiger partial charge in [-0.1, -0.05) is 13.0 Å². The number of H-pyrrole nitrogens is 1. The Morgan fingerprint density at radius 1 is 1.35 bits per heavy atom. The topological polar surface area (TPSA) is 93.0 Å². The van der Waals surface area contributed by atoms with Crippen LogP contribution in [0.25, 0.3) is 16.7 Å². The monoisotopic (exact) mass is 314 g/mol. The summed E-state index contributed by atoms with van der Waals surface area (Å²) in [6, 6.07) is 3.75. The Morgan fingerprint density at radius 3 is 2.83 bits per heavy atom. The number of hydrogen-bond acceptors (Lipinski definition) is 5. The van der Waals surface area contributed by atoms with Crippen LogP contribution in [0.5, 0.6) is 11.8 Å². The highest BCUT2D eigenvalue weighted by atomic mass is 16.5. The molecule has 0 aliphatic rings. The lowest BCUT2D eigenvalue weighted by Crippen LogP contribution is -2.10. The van der Waals surface area contributed by atoms with Gasteiger partial charge in [0.15, 0.2) is 5.65 Å². The first-order valence-electron chi connectivity index (χ1n) is 7.42. The molecule has 7 heteroatoms. The summed E-state index contributed by atoms with van der Waals surface area (Å²) in [5.41, 5.74) is 2.29. The maximum atomic E-state index is 12.1. The molecule has 0 aliphatic heterocycles. The fraction of sp³-hybridized carbons (Fsp3) is 0.312. The van der Waals surface area contributed by atoms with Crippen LogP contribution in [0.4, 0.5) is 0 Å². The lowest BCUT2D eigenvalue weighted by atomic mass is 10.1. The fourth-order valence-corrected chi connectivity index (χ4v) is 2.51. The van der Waals surface area contributed by atoms with Gasteiger partial charge in [-0.25, -0.2) is 4.68 Å². The number of aromatic amines is 1. The Balaban J connectivity index is 2.14. The molecule has 3 rings (SSSR count). The number of rotatable bonds is 4. The summed E-state index contributed by atoms with van der Waals surface area (Å²) < 4.78 is 6.83. The zero-order valence-electron chi connectivity index (χ0n) is 13.3. The molecule has 0 saturated heterocycles. The molecule has 7 nitrogen and oxygen atoms in total. The molecule has 1 aromatic carbocycles. The van der Waals surface area contributed by atoms with E-state index in [-0.39, 0.29) is 23.0 Å². The van der Waals surface area contributed by atoms with E-state index >= 15 is 0 Å². The van der Waals surface area contributed by atoms with Crippen LogP contribution >= 0.6 is 0 Å². The first-order chi connectivity index (χ1) is 11.0. The van der Waals surface area contributed by atoms with Crippen molar-refractivity contribution in [2.75, 3.05) is 6.61 Å². The Morgan fingerprint density at radius 2 is 2.13 bits per heavy atom. The smallest absolute Gasteiger partial charge is 0.298 e. The molecule has 23 heavy (non-hydrogen) atoms. The van der Waals surface area contributed by atoms with E-state index in [2.05, 4.69) is 15.1 Å². The van der Waals surface area contributed by atoms with Gasteiger partial charge < -0.3 is 9.84 Å². The van der Waals surface area contributed by atoms with Crippen LogP contribution in [0, 0.1) is 13.8 Å². The lowest BCUT2D eigenvalue weighted by Gasteiger charge is -2.09. The van der Waals surface area contributed by atoms with E-state index in [1.807, 2.05) is 26.8 Å². The second-order valence-electron chi connectivity index (χ2n) is 5.48. The molecule has 0 radical (unpaired) electrons. The second kappa shape index (κ2) is 5.75. The summed E-state index contributed by atoms with van der Waals surface area (Å²) in [6.07, 6.45) is 2.37. The van der Waals surface area contributed by atoms with Crippen molar-refractivity contribution in [3.05, 3.63) is 39.8 Å². The number of fused-ring (bicyclic) bond motifs is 1. The molecule has 0 aliphatic carbocycles. The fourth-order valence-electron chi connectivity index (χ4n) is 2.51. The van der Waals surface area contributed by atoms with Crippen LogP contribution in [0.3, 0.4) is 0 Å². The Hall–Kier alpha value is -2.83. The van der Waals surface area contributed by atoms with Gasteiger partial charge in [0, 0.05) is 6.20 Å². The number of nitrogens with zero attached hydrogens (tertiary/aromatic N) is 3. The van der Waals surface area contributed by atoms with Crippen molar-refractivity contribution in [3.8, 4) is 17.4 Å². The van der Waals surface area contributed by atoms with Crippen molar-refractivity contribution in [2.24, 2.45) is 0 Å². The number of benzene rings is 1. The summed E-state index contributed by atoms with van der Waals surface area (Å²) in [5.74, 6) is 0.106. The van der Waals surface area contributed by atoms with Crippen LogP contribution in [0.1, 0.15) is 24.5 Å². The van der Waals surface area contributed by atoms with E-state index in [1.165, 1.54) is 4.68 Å². The highest BCUT2D eigenvalue weighted by Gasteiger charge is 2.14. The van der Waals surface area contributed by atoms with E-state index in [1.54, 1.807) is 12.3 Å². The van der Waals surface area contributed by atoms with Crippen LogP contribution in [-0.4, -0.2) is 31.5 Å². The number of aromatic nitrogens is 4. The molecule has 0 bridgehead atoms. The van der Waals surface area contributed by atoms with Crippen molar-refractivity contribution < 1.29 is 9.84 Å². The minimum Gasteiger partial charge on any atom is -0.506 e. The molecule has 0 saturated carbocycles. The molecule has 2 aromatic heterocycles. The van der Waals surface area contributed by atoms with E-state index in [0.717, 1.165) is 17.5 Å². The quantitative estimate of drug-likeness (QED) is 0.770. The van der Waals surface area contributed by atoms with Crippen molar-refractivity contribution in [1.82, 2.24) is 19.7 Å². The largest absolute Gasteiger partial charge is 0.506 e. The number of phenolic OH excluding ortho intramolecular Hbond substituents is 1. The van der Waals surface area contributed by atoms with E-state index in [0.29, 0.717) is 17.7 Å². The normalized spacial score (nSPS) is 11.1. The number of hydrogen-bond donors (Lipinski definition) is 2. The van der Waals surface area contributed by atoms with Crippen LogP contribution in [-0.2, 0) is 0 Å². The van der Waals surface area contributed by atoms with Gasteiger partial charge in [0.05, 0.1) is 6.61 Å². The SMILES string of the molecule is CCCOc1nc2nn(-c3c(C)cc(C)cc3O)cc2c(=O)[nH]1. The number of aromatic hydroxyl groups is 1. The summed E-state index contributed by atoms with van der Waals surface area (Å²) in [4.78, 5) is 18.9. The molecular weight excluding hydrogens is 296 g/mol. The average Bonchev–Trinajstić information content (AvgIpc) is 2.88. The molecular formula is C16H18N4O3.